The largest absolute Gasteiger partial charge is 0.383 e. The van der Waals surface area contributed by atoms with Gasteiger partial charge in [-0.25, -0.2) is 4.98 Å². The van der Waals surface area contributed by atoms with E-state index in [1.54, 1.807) is 6.20 Å². The van der Waals surface area contributed by atoms with Crippen molar-refractivity contribution in [2.75, 3.05) is 12.3 Å². The second kappa shape index (κ2) is 4.28. The molecule has 4 nitrogen and oxygen atoms in total. The number of nitriles is 1. The van der Waals surface area contributed by atoms with Gasteiger partial charge in [-0.2, -0.15) is 5.26 Å². The molecule has 0 spiro atoms. The number of nitrogens with two attached hydrogens (primary N) is 1. The second-order valence-electron chi connectivity index (χ2n) is 3.77. The fraction of sp³-hybridized carbons (Fsp3) is 0.455. The third-order valence-electron chi connectivity index (χ3n) is 2.81. The number of nitrogen functional groups attached to an aromatic ring is 1. The molecule has 0 saturated carbocycles. The normalized spacial score (nSPS) is 20.9. The summed E-state index contributed by atoms with van der Waals surface area (Å²) in [5, 5.41) is 12.4. The van der Waals surface area contributed by atoms with E-state index in [0.717, 1.165) is 18.5 Å². The van der Waals surface area contributed by atoms with Crippen molar-refractivity contribution in [3.8, 4) is 6.07 Å². The summed E-state index contributed by atoms with van der Waals surface area (Å²) in [6.07, 6.45) is 5.14. The van der Waals surface area contributed by atoms with E-state index in [2.05, 4.69) is 16.4 Å². The van der Waals surface area contributed by atoms with Crippen LogP contribution in [0.3, 0.4) is 0 Å². The van der Waals surface area contributed by atoms with Gasteiger partial charge in [0.25, 0.3) is 0 Å². The molecule has 4 heteroatoms. The molecule has 2 heterocycles. The minimum Gasteiger partial charge on any atom is -0.383 e. The standard InChI is InChI=1S/C11H14N4/c12-7-9-8(4-6-15-11(9)13)10-3-1-2-5-14-10/h4,6,10,14H,1-3,5H2,(H2,13,15). The highest BCUT2D eigenvalue weighted by molar-refractivity contribution is 5.53. The van der Waals surface area contributed by atoms with Crippen molar-refractivity contribution >= 4 is 5.82 Å². The molecular weight excluding hydrogens is 188 g/mol. The van der Waals surface area contributed by atoms with Crippen LogP contribution in [0.4, 0.5) is 5.82 Å². The van der Waals surface area contributed by atoms with E-state index in [9.17, 15) is 0 Å². The van der Waals surface area contributed by atoms with Gasteiger partial charge in [0.05, 0.1) is 5.56 Å². The van der Waals surface area contributed by atoms with Gasteiger partial charge >= 0.3 is 0 Å². The maximum atomic E-state index is 9.03. The summed E-state index contributed by atoms with van der Waals surface area (Å²) in [4.78, 5) is 3.93. The van der Waals surface area contributed by atoms with Crippen molar-refractivity contribution in [3.05, 3.63) is 23.4 Å². The van der Waals surface area contributed by atoms with Crippen molar-refractivity contribution in [2.45, 2.75) is 25.3 Å². The number of nitrogens with one attached hydrogen (secondary N) is 1. The van der Waals surface area contributed by atoms with E-state index in [1.807, 2.05) is 6.07 Å². The Balaban J connectivity index is 2.34. The lowest BCUT2D eigenvalue weighted by Crippen LogP contribution is -2.27. The Morgan fingerprint density at radius 1 is 1.53 bits per heavy atom. The highest BCUT2D eigenvalue weighted by Crippen LogP contribution is 2.26. The summed E-state index contributed by atoms with van der Waals surface area (Å²) in [5.41, 5.74) is 7.19. The molecule has 1 unspecified atom stereocenters. The molecule has 3 N–H and O–H groups in total. The second-order valence-corrected chi connectivity index (χ2v) is 3.77. The van der Waals surface area contributed by atoms with Crippen LogP contribution in [0.5, 0.6) is 0 Å². The number of aromatic nitrogens is 1. The van der Waals surface area contributed by atoms with E-state index in [-0.39, 0.29) is 6.04 Å². The van der Waals surface area contributed by atoms with Crippen LogP contribution in [-0.4, -0.2) is 11.5 Å². The van der Waals surface area contributed by atoms with Crippen LogP contribution in [0.2, 0.25) is 0 Å². The molecule has 1 saturated heterocycles. The number of hydrogen-bond donors (Lipinski definition) is 2. The van der Waals surface area contributed by atoms with Crippen molar-refractivity contribution in [1.82, 2.24) is 10.3 Å². The lowest BCUT2D eigenvalue weighted by molar-refractivity contribution is 0.412. The monoisotopic (exact) mass is 202 g/mol. The van der Waals surface area contributed by atoms with Crippen LogP contribution >= 0.6 is 0 Å². The van der Waals surface area contributed by atoms with Gasteiger partial charge in [0.1, 0.15) is 11.9 Å². The molecule has 1 atom stereocenters. The average Bonchev–Trinajstić information content (AvgIpc) is 2.30. The first kappa shape index (κ1) is 9.94. The molecule has 1 aliphatic heterocycles. The van der Waals surface area contributed by atoms with E-state index >= 15 is 0 Å². The van der Waals surface area contributed by atoms with Crippen molar-refractivity contribution < 1.29 is 0 Å². The molecule has 1 aliphatic rings. The summed E-state index contributed by atoms with van der Waals surface area (Å²) in [6.45, 7) is 1.01. The molecule has 1 fully saturated rings. The number of piperidine rings is 1. The molecule has 2 rings (SSSR count). The van der Waals surface area contributed by atoms with E-state index < -0.39 is 0 Å². The Kier molecular flexibility index (Phi) is 2.84. The predicted molar refractivity (Wildman–Crippen MR) is 58.0 cm³/mol. The molecule has 1 aromatic heterocycles. The molecular formula is C11H14N4. The number of hydrogen-bond acceptors (Lipinski definition) is 4. The predicted octanol–water partition coefficient (Wildman–Crippen LogP) is 1.35. The van der Waals surface area contributed by atoms with E-state index in [1.165, 1.54) is 12.8 Å². The third-order valence-corrected chi connectivity index (χ3v) is 2.81. The van der Waals surface area contributed by atoms with Crippen LogP contribution in [0.25, 0.3) is 0 Å². The molecule has 0 bridgehead atoms. The number of rotatable bonds is 1. The van der Waals surface area contributed by atoms with E-state index in [0.29, 0.717) is 11.4 Å². The molecule has 0 aliphatic carbocycles. The fourth-order valence-electron chi connectivity index (χ4n) is 2.02. The quantitative estimate of drug-likeness (QED) is 0.720. The van der Waals surface area contributed by atoms with Crippen LogP contribution in [0.1, 0.15) is 36.4 Å². The first-order valence-electron chi connectivity index (χ1n) is 5.21. The zero-order valence-corrected chi connectivity index (χ0v) is 8.53. The maximum Gasteiger partial charge on any atom is 0.141 e. The summed E-state index contributed by atoms with van der Waals surface area (Å²) in [6, 6.07) is 4.28. The highest BCUT2D eigenvalue weighted by atomic mass is 14.9. The molecule has 0 aromatic carbocycles. The topological polar surface area (TPSA) is 74.7 Å². The van der Waals surface area contributed by atoms with Gasteiger partial charge in [-0.05, 0) is 31.0 Å². The number of anilines is 1. The van der Waals surface area contributed by atoms with Crippen LogP contribution in [0, 0.1) is 11.3 Å². The highest BCUT2D eigenvalue weighted by Gasteiger charge is 2.19. The SMILES string of the molecule is N#Cc1c(C2CCCCN2)ccnc1N. The summed E-state index contributed by atoms with van der Waals surface area (Å²) in [5.74, 6) is 0.336. The lowest BCUT2D eigenvalue weighted by atomic mass is 9.95. The van der Waals surface area contributed by atoms with Crippen LogP contribution in [0.15, 0.2) is 12.3 Å². The van der Waals surface area contributed by atoms with Crippen LogP contribution < -0.4 is 11.1 Å². The van der Waals surface area contributed by atoms with Crippen molar-refractivity contribution in [3.63, 3.8) is 0 Å². The minimum absolute atomic E-state index is 0.263. The van der Waals surface area contributed by atoms with Gasteiger partial charge in [0.2, 0.25) is 0 Å². The van der Waals surface area contributed by atoms with Gasteiger partial charge in [-0.1, -0.05) is 6.42 Å². The molecule has 0 amide bonds. The van der Waals surface area contributed by atoms with Gasteiger partial charge in [0.15, 0.2) is 0 Å². The maximum absolute atomic E-state index is 9.03. The zero-order valence-electron chi connectivity index (χ0n) is 8.53. The Bertz CT molecular complexity index is 388. The molecule has 15 heavy (non-hydrogen) atoms. The van der Waals surface area contributed by atoms with Crippen molar-refractivity contribution in [2.24, 2.45) is 0 Å². The molecule has 0 radical (unpaired) electrons. The van der Waals surface area contributed by atoms with E-state index in [4.69, 9.17) is 11.0 Å². The summed E-state index contributed by atoms with van der Waals surface area (Å²) < 4.78 is 0. The number of pyridine rings is 1. The first-order chi connectivity index (χ1) is 7.33. The first-order valence-corrected chi connectivity index (χ1v) is 5.21. The third kappa shape index (κ3) is 1.92. The number of nitrogens with zero attached hydrogens (tertiary/aromatic N) is 2. The smallest absolute Gasteiger partial charge is 0.141 e. The van der Waals surface area contributed by atoms with Crippen LogP contribution in [-0.2, 0) is 0 Å². The van der Waals surface area contributed by atoms with Crippen molar-refractivity contribution in [1.29, 1.82) is 5.26 Å². The minimum atomic E-state index is 0.263. The average molecular weight is 202 g/mol. The fourth-order valence-corrected chi connectivity index (χ4v) is 2.02. The zero-order chi connectivity index (χ0) is 10.7. The Morgan fingerprint density at radius 3 is 3.07 bits per heavy atom. The van der Waals surface area contributed by atoms with Gasteiger partial charge in [-0.3, -0.25) is 0 Å². The Morgan fingerprint density at radius 2 is 2.40 bits per heavy atom. The summed E-state index contributed by atoms with van der Waals surface area (Å²) >= 11 is 0. The summed E-state index contributed by atoms with van der Waals surface area (Å²) in [7, 11) is 0. The Hall–Kier alpha value is -1.60. The Labute approximate surface area is 89.1 Å². The van der Waals surface area contributed by atoms with Gasteiger partial charge in [-0.15, -0.1) is 0 Å². The van der Waals surface area contributed by atoms with Gasteiger partial charge in [0, 0.05) is 12.2 Å². The van der Waals surface area contributed by atoms with Gasteiger partial charge < -0.3 is 11.1 Å². The lowest BCUT2D eigenvalue weighted by Gasteiger charge is -2.24. The molecule has 78 valence electrons. The molecule has 1 aromatic rings.